The molecular weight excluding hydrogens is 315 g/mol. The Bertz CT molecular complexity index is 574. The standard InChI is InChI=1S/C14H14Cl2N2O3/c15-10-2-1-9(11(16)7-10)5-6-17-12(19)8-18-13(20)3-4-14(18)21/h1-2,7H,3-6,8H2,(H,17,19). The largest absolute Gasteiger partial charge is 0.354 e. The van der Waals surface area contributed by atoms with E-state index in [0.29, 0.717) is 23.0 Å². The minimum Gasteiger partial charge on any atom is -0.354 e. The van der Waals surface area contributed by atoms with Crippen LogP contribution < -0.4 is 5.32 Å². The summed E-state index contributed by atoms with van der Waals surface area (Å²) in [7, 11) is 0. The molecule has 0 aromatic heterocycles. The maximum atomic E-state index is 11.7. The van der Waals surface area contributed by atoms with Gasteiger partial charge in [-0.15, -0.1) is 0 Å². The van der Waals surface area contributed by atoms with Gasteiger partial charge >= 0.3 is 0 Å². The molecule has 1 N–H and O–H groups in total. The Morgan fingerprint density at radius 1 is 1.19 bits per heavy atom. The van der Waals surface area contributed by atoms with Crippen molar-refractivity contribution in [2.24, 2.45) is 0 Å². The van der Waals surface area contributed by atoms with Crippen molar-refractivity contribution < 1.29 is 14.4 Å². The van der Waals surface area contributed by atoms with Crippen LogP contribution in [0.4, 0.5) is 0 Å². The van der Waals surface area contributed by atoms with E-state index in [1.807, 2.05) is 0 Å². The molecule has 0 saturated carbocycles. The minimum absolute atomic E-state index is 0.187. The van der Waals surface area contributed by atoms with Crippen LogP contribution in [0, 0.1) is 0 Å². The summed E-state index contributed by atoms with van der Waals surface area (Å²) in [6, 6.07) is 5.17. The molecule has 1 aliphatic rings. The number of likely N-dealkylation sites (tertiary alicyclic amines) is 1. The highest BCUT2D eigenvalue weighted by Crippen LogP contribution is 2.21. The summed E-state index contributed by atoms with van der Waals surface area (Å²) >= 11 is 11.8. The number of rotatable bonds is 5. The fraction of sp³-hybridized carbons (Fsp3) is 0.357. The van der Waals surface area contributed by atoms with Crippen LogP contribution in [0.3, 0.4) is 0 Å². The number of nitrogens with one attached hydrogen (secondary N) is 1. The molecule has 3 amide bonds. The van der Waals surface area contributed by atoms with Crippen LogP contribution in [-0.4, -0.2) is 35.7 Å². The van der Waals surface area contributed by atoms with Crippen LogP contribution in [-0.2, 0) is 20.8 Å². The predicted octanol–water partition coefficient (Wildman–Crippen LogP) is 1.80. The zero-order valence-electron chi connectivity index (χ0n) is 11.2. The smallest absolute Gasteiger partial charge is 0.240 e. The highest BCUT2D eigenvalue weighted by atomic mass is 35.5. The molecule has 1 heterocycles. The molecule has 7 heteroatoms. The lowest BCUT2D eigenvalue weighted by molar-refractivity contribution is -0.142. The Morgan fingerprint density at radius 3 is 2.48 bits per heavy atom. The molecule has 5 nitrogen and oxygen atoms in total. The second kappa shape index (κ2) is 6.91. The topological polar surface area (TPSA) is 66.5 Å². The van der Waals surface area contributed by atoms with E-state index >= 15 is 0 Å². The number of carbonyl (C=O) groups excluding carboxylic acids is 3. The number of halogens is 2. The second-order valence-electron chi connectivity index (χ2n) is 4.71. The first-order valence-corrected chi connectivity index (χ1v) is 7.27. The Labute approximate surface area is 132 Å². The van der Waals surface area contributed by atoms with Gasteiger partial charge in [0.1, 0.15) is 6.54 Å². The maximum absolute atomic E-state index is 11.7. The predicted molar refractivity (Wildman–Crippen MR) is 79.1 cm³/mol. The first-order valence-electron chi connectivity index (χ1n) is 6.51. The number of hydrogen-bond donors (Lipinski definition) is 1. The Kier molecular flexibility index (Phi) is 5.20. The van der Waals surface area contributed by atoms with Crippen LogP contribution >= 0.6 is 23.2 Å². The molecule has 1 aromatic carbocycles. The number of imide groups is 1. The number of carbonyl (C=O) groups is 3. The summed E-state index contributed by atoms with van der Waals surface area (Å²) < 4.78 is 0. The average Bonchev–Trinajstić information content (AvgIpc) is 2.73. The van der Waals surface area contributed by atoms with Crippen molar-refractivity contribution in [3.63, 3.8) is 0 Å². The second-order valence-corrected chi connectivity index (χ2v) is 5.55. The van der Waals surface area contributed by atoms with Crippen LogP contribution in [0.15, 0.2) is 18.2 Å². The van der Waals surface area contributed by atoms with Gasteiger partial charge in [0, 0.05) is 29.4 Å². The van der Waals surface area contributed by atoms with Gasteiger partial charge in [0.25, 0.3) is 0 Å². The van der Waals surface area contributed by atoms with Crippen molar-refractivity contribution in [3.05, 3.63) is 33.8 Å². The van der Waals surface area contributed by atoms with E-state index in [1.54, 1.807) is 18.2 Å². The molecule has 0 atom stereocenters. The van der Waals surface area contributed by atoms with Crippen LogP contribution in [0.5, 0.6) is 0 Å². The number of hydrogen-bond acceptors (Lipinski definition) is 3. The van der Waals surface area contributed by atoms with Gasteiger partial charge in [-0.2, -0.15) is 0 Å². The fourth-order valence-electron chi connectivity index (χ4n) is 2.06. The van der Waals surface area contributed by atoms with E-state index in [-0.39, 0.29) is 37.1 Å². The first kappa shape index (κ1) is 15.8. The van der Waals surface area contributed by atoms with E-state index in [2.05, 4.69) is 5.32 Å². The molecule has 21 heavy (non-hydrogen) atoms. The molecule has 1 aromatic rings. The summed E-state index contributed by atoms with van der Waals surface area (Å²) in [5, 5.41) is 3.76. The summed E-state index contributed by atoms with van der Waals surface area (Å²) in [5.41, 5.74) is 0.870. The summed E-state index contributed by atoms with van der Waals surface area (Å²) in [4.78, 5) is 35.5. The van der Waals surface area contributed by atoms with Gasteiger partial charge in [0.15, 0.2) is 0 Å². The van der Waals surface area contributed by atoms with Crippen LogP contribution in [0.2, 0.25) is 10.0 Å². The third kappa shape index (κ3) is 4.19. The van der Waals surface area contributed by atoms with E-state index in [9.17, 15) is 14.4 Å². The minimum atomic E-state index is -0.358. The molecule has 0 bridgehead atoms. The molecule has 0 spiro atoms. The van der Waals surface area contributed by atoms with E-state index in [4.69, 9.17) is 23.2 Å². The number of amides is 3. The van der Waals surface area contributed by atoms with Crippen molar-refractivity contribution >= 4 is 40.9 Å². The SMILES string of the molecule is O=C(CN1C(=O)CCC1=O)NCCc1ccc(Cl)cc1Cl. The van der Waals surface area contributed by atoms with Gasteiger partial charge in [-0.1, -0.05) is 29.3 Å². The molecule has 112 valence electrons. The van der Waals surface area contributed by atoms with Crippen molar-refractivity contribution in [2.75, 3.05) is 13.1 Å². The van der Waals surface area contributed by atoms with Crippen LogP contribution in [0.1, 0.15) is 18.4 Å². The van der Waals surface area contributed by atoms with Gasteiger partial charge in [0.05, 0.1) is 0 Å². The molecular formula is C14H14Cl2N2O3. The monoisotopic (exact) mass is 328 g/mol. The average molecular weight is 329 g/mol. The first-order chi connectivity index (χ1) is 9.97. The Balaban J connectivity index is 1.79. The highest BCUT2D eigenvalue weighted by Gasteiger charge is 2.30. The molecule has 0 radical (unpaired) electrons. The van der Waals surface area contributed by atoms with Crippen molar-refractivity contribution in [1.29, 1.82) is 0 Å². The summed E-state index contributed by atoms with van der Waals surface area (Å²) in [6.07, 6.45) is 0.919. The Morgan fingerprint density at radius 2 is 1.86 bits per heavy atom. The molecule has 1 saturated heterocycles. The Hall–Kier alpha value is -1.59. The van der Waals surface area contributed by atoms with Crippen molar-refractivity contribution in [2.45, 2.75) is 19.3 Å². The molecule has 0 aliphatic carbocycles. The highest BCUT2D eigenvalue weighted by molar-refractivity contribution is 6.35. The van der Waals surface area contributed by atoms with Gasteiger partial charge in [-0.3, -0.25) is 19.3 Å². The number of benzene rings is 1. The third-order valence-corrected chi connectivity index (χ3v) is 3.78. The fourth-order valence-corrected chi connectivity index (χ4v) is 2.56. The quantitative estimate of drug-likeness (QED) is 0.838. The van der Waals surface area contributed by atoms with E-state index < -0.39 is 0 Å². The zero-order valence-corrected chi connectivity index (χ0v) is 12.7. The summed E-state index contributed by atoms with van der Waals surface area (Å²) in [5.74, 6) is -0.949. The molecule has 1 fully saturated rings. The zero-order chi connectivity index (χ0) is 15.4. The van der Waals surface area contributed by atoms with Gasteiger partial charge in [-0.05, 0) is 24.1 Å². The lowest BCUT2D eigenvalue weighted by Crippen LogP contribution is -2.40. The normalized spacial score (nSPS) is 14.7. The molecule has 2 rings (SSSR count). The summed E-state index contributed by atoms with van der Waals surface area (Å²) in [6.45, 7) is 0.155. The van der Waals surface area contributed by atoms with Gasteiger partial charge < -0.3 is 5.32 Å². The van der Waals surface area contributed by atoms with Crippen molar-refractivity contribution in [1.82, 2.24) is 10.2 Å². The molecule has 1 aliphatic heterocycles. The lowest BCUT2D eigenvalue weighted by atomic mass is 10.1. The van der Waals surface area contributed by atoms with E-state index in [1.165, 1.54) is 0 Å². The number of nitrogens with zero attached hydrogens (tertiary/aromatic N) is 1. The van der Waals surface area contributed by atoms with Crippen LogP contribution in [0.25, 0.3) is 0 Å². The maximum Gasteiger partial charge on any atom is 0.240 e. The van der Waals surface area contributed by atoms with Gasteiger partial charge in [-0.25, -0.2) is 0 Å². The lowest BCUT2D eigenvalue weighted by Gasteiger charge is -2.13. The van der Waals surface area contributed by atoms with E-state index in [0.717, 1.165) is 10.5 Å². The van der Waals surface area contributed by atoms with Crippen molar-refractivity contribution in [3.8, 4) is 0 Å². The third-order valence-electron chi connectivity index (χ3n) is 3.19. The molecule has 0 unspecified atom stereocenters. The van der Waals surface area contributed by atoms with Gasteiger partial charge in [0.2, 0.25) is 17.7 Å².